The summed E-state index contributed by atoms with van der Waals surface area (Å²) in [5.41, 5.74) is 2.36. The Morgan fingerprint density at radius 2 is 1.94 bits per heavy atom. The van der Waals surface area contributed by atoms with E-state index in [1.807, 2.05) is 12.3 Å². The van der Waals surface area contributed by atoms with E-state index < -0.39 is 17.4 Å². The molecule has 5 fully saturated rings. The largest absolute Gasteiger partial charge is 0.390 e. The van der Waals surface area contributed by atoms with Crippen LogP contribution in [-0.2, 0) is 16.1 Å². The van der Waals surface area contributed by atoms with Crippen molar-refractivity contribution in [3.8, 4) is 17.3 Å². The SMILES string of the molecule is N#CC1CCN(C(=O)C(=O)Nc2nn(C3[C@@H]4CC5C[C@H]3CC(O)(C5)C4)c3c2CNc2[nH]ccc2-3)CC1. The minimum Gasteiger partial charge on any atom is -0.390 e. The molecule has 0 radical (unpaired) electrons. The molecule has 5 atom stereocenters. The van der Waals surface area contributed by atoms with E-state index in [2.05, 4.69) is 26.4 Å². The van der Waals surface area contributed by atoms with Crippen LogP contribution in [-0.4, -0.2) is 55.3 Å². The number of H-pyrrole nitrogens is 1. The number of aliphatic hydroxyl groups is 1. The molecule has 2 aliphatic heterocycles. The van der Waals surface area contributed by atoms with Crippen LogP contribution in [0.2, 0.25) is 0 Å². The monoisotopic (exact) mass is 489 g/mol. The number of carbonyl (C=O) groups is 2. The van der Waals surface area contributed by atoms with Crippen LogP contribution in [0.4, 0.5) is 11.6 Å². The summed E-state index contributed by atoms with van der Waals surface area (Å²) >= 11 is 0. The fraction of sp³-hybridized carbons (Fsp3) is 0.615. The molecule has 10 heteroatoms. The van der Waals surface area contributed by atoms with Crippen LogP contribution in [0.5, 0.6) is 0 Å². The molecule has 4 heterocycles. The van der Waals surface area contributed by atoms with Crippen molar-refractivity contribution in [2.24, 2.45) is 23.7 Å². The second-order valence-corrected chi connectivity index (χ2v) is 11.6. The molecule has 2 aromatic heterocycles. The number of aromatic amines is 1. The van der Waals surface area contributed by atoms with Gasteiger partial charge in [0.1, 0.15) is 5.82 Å². The summed E-state index contributed by atoms with van der Waals surface area (Å²) in [6.45, 7) is 1.33. The van der Waals surface area contributed by atoms with Crippen LogP contribution in [0.3, 0.4) is 0 Å². The fourth-order valence-electron chi connectivity index (χ4n) is 8.00. The van der Waals surface area contributed by atoms with Crippen LogP contribution in [0.25, 0.3) is 11.3 Å². The van der Waals surface area contributed by atoms with Gasteiger partial charge in [-0.05, 0) is 68.8 Å². The van der Waals surface area contributed by atoms with Crippen LogP contribution in [0, 0.1) is 35.0 Å². The van der Waals surface area contributed by atoms with Gasteiger partial charge in [0.25, 0.3) is 0 Å². The lowest BCUT2D eigenvalue weighted by Crippen LogP contribution is -2.55. The average molecular weight is 490 g/mol. The van der Waals surface area contributed by atoms with Gasteiger partial charge in [-0.2, -0.15) is 10.4 Å². The smallest absolute Gasteiger partial charge is 0.315 e. The number of nitrogens with one attached hydrogen (secondary N) is 3. The molecule has 36 heavy (non-hydrogen) atoms. The molecule has 2 amide bonds. The van der Waals surface area contributed by atoms with Crippen LogP contribution >= 0.6 is 0 Å². The van der Waals surface area contributed by atoms with Crippen molar-refractivity contribution >= 4 is 23.5 Å². The predicted octanol–water partition coefficient (Wildman–Crippen LogP) is 2.62. The quantitative estimate of drug-likeness (QED) is 0.478. The van der Waals surface area contributed by atoms with Gasteiger partial charge in [-0.3, -0.25) is 14.3 Å². The lowest BCUT2D eigenvalue weighted by Gasteiger charge is -2.58. The van der Waals surface area contributed by atoms with E-state index in [0.717, 1.165) is 54.7 Å². The molecule has 4 aliphatic carbocycles. The number of amides is 2. The van der Waals surface area contributed by atoms with Gasteiger partial charge in [-0.15, -0.1) is 0 Å². The number of hydrogen-bond donors (Lipinski definition) is 4. The van der Waals surface area contributed by atoms with Gasteiger partial charge in [0.15, 0.2) is 5.82 Å². The first-order valence-corrected chi connectivity index (χ1v) is 13.2. The van der Waals surface area contributed by atoms with E-state index in [1.54, 1.807) is 0 Å². The number of fused-ring (bicyclic) bond motifs is 3. The van der Waals surface area contributed by atoms with Gasteiger partial charge in [-0.25, -0.2) is 0 Å². The lowest BCUT2D eigenvalue weighted by atomic mass is 9.52. The molecule has 1 saturated heterocycles. The van der Waals surface area contributed by atoms with Crippen LogP contribution in [0.1, 0.15) is 56.6 Å². The first-order chi connectivity index (χ1) is 17.4. The van der Waals surface area contributed by atoms with Crippen molar-refractivity contribution in [2.45, 2.75) is 63.1 Å². The number of nitrogens with zero attached hydrogens (tertiary/aromatic N) is 4. The van der Waals surface area contributed by atoms with Gasteiger partial charge in [-0.1, -0.05) is 0 Å². The average Bonchev–Trinajstić information content (AvgIpc) is 3.47. The number of piperidine rings is 1. The molecular formula is C26H31N7O3. The summed E-state index contributed by atoms with van der Waals surface area (Å²) in [6, 6.07) is 4.45. The fourth-order valence-corrected chi connectivity index (χ4v) is 8.00. The number of carbonyl (C=O) groups excluding carboxylic acids is 2. The molecule has 4 N–H and O–H groups in total. The summed E-state index contributed by atoms with van der Waals surface area (Å²) in [6.07, 6.45) is 7.83. The zero-order valence-electron chi connectivity index (χ0n) is 20.2. The molecule has 8 rings (SSSR count). The first-order valence-electron chi connectivity index (χ1n) is 13.2. The molecule has 6 aliphatic rings. The van der Waals surface area contributed by atoms with E-state index in [-0.39, 0.29) is 12.0 Å². The minimum atomic E-state index is -0.683. The Hall–Kier alpha value is -3.32. The van der Waals surface area contributed by atoms with Crippen molar-refractivity contribution < 1.29 is 14.7 Å². The summed E-state index contributed by atoms with van der Waals surface area (Å²) in [5.74, 6) is 1.35. The Morgan fingerprint density at radius 1 is 1.19 bits per heavy atom. The molecule has 4 saturated carbocycles. The third-order valence-electron chi connectivity index (χ3n) is 9.32. The number of likely N-dealkylation sites (tertiary alicyclic amines) is 1. The van der Waals surface area contributed by atoms with Crippen molar-refractivity contribution in [3.05, 3.63) is 17.8 Å². The van der Waals surface area contributed by atoms with E-state index in [0.29, 0.717) is 56.0 Å². The molecule has 2 aromatic rings. The second kappa shape index (κ2) is 7.84. The molecule has 188 valence electrons. The second-order valence-electron chi connectivity index (χ2n) is 11.6. The zero-order chi connectivity index (χ0) is 24.6. The van der Waals surface area contributed by atoms with Gasteiger partial charge in [0, 0.05) is 42.9 Å². The highest BCUT2D eigenvalue weighted by atomic mass is 16.3. The molecule has 0 aromatic carbocycles. The third kappa shape index (κ3) is 3.29. The lowest BCUT2D eigenvalue weighted by molar-refractivity contribution is -0.148. The maximum absolute atomic E-state index is 13.0. The Kier molecular flexibility index (Phi) is 4.77. The Labute approximate surface area is 209 Å². The highest BCUT2D eigenvalue weighted by Crippen LogP contribution is 2.60. The van der Waals surface area contributed by atoms with E-state index in [9.17, 15) is 14.7 Å². The van der Waals surface area contributed by atoms with E-state index in [1.165, 1.54) is 4.90 Å². The third-order valence-corrected chi connectivity index (χ3v) is 9.32. The summed E-state index contributed by atoms with van der Waals surface area (Å²) in [5, 5.41) is 31.4. The number of hydrogen-bond acceptors (Lipinski definition) is 6. The highest BCUT2D eigenvalue weighted by Gasteiger charge is 2.56. The zero-order valence-corrected chi connectivity index (χ0v) is 20.2. The minimum absolute atomic E-state index is 0.0551. The maximum atomic E-state index is 13.0. The van der Waals surface area contributed by atoms with Crippen molar-refractivity contribution in [1.29, 1.82) is 5.26 Å². The number of anilines is 2. The normalized spacial score (nSPS) is 32.4. The van der Waals surface area contributed by atoms with Gasteiger partial charge in [0.2, 0.25) is 0 Å². The number of aromatic nitrogens is 3. The number of rotatable bonds is 2. The van der Waals surface area contributed by atoms with Crippen molar-refractivity contribution in [1.82, 2.24) is 19.7 Å². The Morgan fingerprint density at radius 3 is 2.64 bits per heavy atom. The Bertz CT molecular complexity index is 1260. The van der Waals surface area contributed by atoms with Crippen LogP contribution in [0.15, 0.2) is 12.3 Å². The van der Waals surface area contributed by atoms with Crippen molar-refractivity contribution in [2.75, 3.05) is 23.7 Å². The standard InChI is InChI=1S/C26H31N7O3/c27-12-14-2-5-32(6-3-14)25(35)24(34)30-23-19-13-29-22-18(1-4-28-22)21(19)33(31-23)20-16-7-15-8-17(20)11-26(36,9-15)10-16/h1,4,14-17,20,28-29,36H,2-3,5-11,13H2,(H,30,31,34)/t15?,16-,17+,20?,26?. The highest BCUT2D eigenvalue weighted by molar-refractivity contribution is 6.39. The summed E-state index contributed by atoms with van der Waals surface area (Å²) < 4.78 is 2.11. The topological polar surface area (TPSA) is 139 Å². The molecule has 10 nitrogen and oxygen atoms in total. The molecular weight excluding hydrogens is 458 g/mol. The van der Waals surface area contributed by atoms with E-state index >= 15 is 0 Å². The molecule has 0 spiro atoms. The van der Waals surface area contributed by atoms with E-state index in [4.69, 9.17) is 10.4 Å². The summed E-state index contributed by atoms with van der Waals surface area (Å²) in [4.78, 5) is 30.7. The Balaban J connectivity index is 1.21. The van der Waals surface area contributed by atoms with Crippen LogP contribution < -0.4 is 10.6 Å². The summed E-state index contributed by atoms with van der Waals surface area (Å²) in [7, 11) is 0. The molecule has 4 bridgehead atoms. The number of nitriles is 1. The predicted molar refractivity (Wildman–Crippen MR) is 130 cm³/mol. The van der Waals surface area contributed by atoms with Crippen molar-refractivity contribution in [3.63, 3.8) is 0 Å². The first kappa shape index (κ1) is 21.9. The van der Waals surface area contributed by atoms with Gasteiger partial charge >= 0.3 is 11.8 Å². The van der Waals surface area contributed by atoms with Gasteiger partial charge in [0.05, 0.1) is 23.4 Å². The maximum Gasteiger partial charge on any atom is 0.315 e. The van der Waals surface area contributed by atoms with Gasteiger partial charge < -0.3 is 25.6 Å². The molecule has 3 unspecified atom stereocenters.